The highest BCUT2D eigenvalue weighted by Crippen LogP contribution is 2.34. The largest absolute Gasteiger partial charge is 0.309 e. The molecule has 0 aliphatic heterocycles. The first-order valence-electron chi connectivity index (χ1n) is 7.39. The Morgan fingerprint density at radius 1 is 1.42 bits per heavy atom. The highest BCUT2D eigenvalue weighted by Gasteiger charge is 2.19. The topological polar surface area (TPSA) is 12.0 Å². The van der Waals surface area contributed by atoms with E-state index in [0.717, 1.165) is 22.6 Å². The minimum Gasteiger partial charge on any atom is -0.309 e. The lowest BCUT2D eigenvalue weighted by Gasteiger charge is -2.24. The summed E-state index contributed by atoms with van der Waals surface area (Å²) in [5, 5.41) is 7.56. The Bertz CT molecular complexity index is 361. The molecule has 1 aliphatic rings. The fourth-order valence-corrected chi connectivity index (χ4v) is 5.35. The first-order chi connectivity index (χ1) is 9.31. The van der Waals surface area contributed by atoms with Gasteiger partial charge < -0.3 is 5.32 Å². The Hall–Kier alpha value is 0.300. The van der Waals surface area contributed by atoms with Gasteiger partial charge >= 0.3 is 0 Å². The molecule has 1 aromatic rings. The van der Waals surface area contributed by atoms with Crippen LogP contribution in [0.15, 0.2) is 11.4 Å². The van der Waals surface area contributed by atoms with E-state index in [4.69, 9.17) is 11.6 Å². The summed E-state index contributed by atoms with van der Waals surface area (Å²) in [6, 6.07) is 2.45. The minimum atomic E-state index is 0.430. The van der Waals surface area contributed by atoms with Gasteiger partial charge in [-0.15, -0.1) is 11.3 Å². The number of nitrogens with one attached hydrogen (secondary N) is 1. The summed E-state index contributed by atoms with van der Waals surface area (Å²) in [5.41, 5.74) is 0. The lowest BCUT2D eigenvalue weighted by molar-refractivity contribution is 0.513. The van der Waals surface area contributed by atoms with E-state index in [1.54, 1.807) is 11.3 Å². The van der Waals surface area contributed by atoms with E-state index in [1.165, 1.54) is 43.4 Å². The van der Waals surface area contributed by atoms with E-state index in [2.05, 4.69) is 29.4 Å². The van der Waals surface area contributed by atoms with Gasteiger partial charge in [-0.3, -0.25) is 0 Å². The summed E-state index contributed by atoms with van der Waals surface area (Å²) in [4.78, 5) is 1.32. The predicted octanol–water partition coefficient (Wildman–Crippen LogP) is 5.51. The lowest BCUT2D eigenvalue weighted by Crippen LogP contribution is -2.24. The zero-order chi connectivity index (χ0) is 13.5. The molecule has 1 atom stereocenters. The number of hydrogen-bond acceptors (Lipinski definition) is 3. The monoisotopic (exact) mass is 317 g/mol. The van der Waals surface area contributed by atoms with E-state index in [9.17, 15) is 0 Å². The van der Waals surface area contributed by atoms with Crippen LogP contribution in [0.1, 0.15) is 56.4 Å². The second-order valence-corrected chi connectivity index (χ2v) is 7.92. The average molecular weight is 318 g/mol. The van der Waals surface area contributed by atoms with Crippen LogP contribution in [0.25, 0.3) is 0 Å². The van der Waals surface area contributed by atoms with E-state index >= 15 is 0 Å². The molecule has 0 amide bonds. The summed E-state index contributed by atoms with van der Waals surface area (Å²) in [6.45, 7) is 3.29. The molecule has 1 saturated carbocycles. The van der Waals surface area contributed by atoms with Crippen LogP contribution >= 0.6 is 34.7 Å². The van der Waals surface area contributed by atoms with Crippen molar-refractivity contribution in [3.8, 4) is 0 Å². The highest BCUT2D eigenvalue weighted by molar-refractivity contribution is 7.99. The zero-order valence-corrected chi connectivity index (χ0v) is 14.0. The van der Waals surface area contributed by atoms with Gasteiger partial charge in [-0.25, -0.2) is 0 Å². The molecule has 2 rings (SSSR count). The van der Waals surface area contributed by atoms with Crippen molar-refractivity contribution in [3.63, 3.8) is 0 Å². The standard InChI is InChI=1S/C15H24ClNS2/c1-2-9-17-14(15-13(16)8-10-18-15)11-19-12-6-4-3-5-7-12/h8,10,12,14,17H,2-7,9,11H2,1H3. The van der Waals surface area contributed by atoms with Gasteiger partial charge in [-0.1, -0.05) is 37.8 Å². The van der Waals surface area contributed by atoms with Crippen LogP contribution < -0.4 is 5.32 Å². The molecular formula is C15H24ClNS2. The van der Waals surface area contributed by atoms with Crippen LogP contribution in [0.5, 0.6) is 0 Å². The molecule has 4 heteroatoms. The molecule has 1 heterocycles. The fourth-order valence-electron chi connectivity index (χ4n) is 2.56. The van der Waals surface area contributed by atoms with Crippen molar-refractivity contribution in [3.05, 3.63) is 21.3 Å². The van der Waals surface area contributed by atoms with Crippen LogP contribution in [-0.2, 0) is 0 Å². The van der Waals surface area contributed by atoms with Crippen LogP contribution in [0.2, 0.25) is 5.02 Å². The van der Waals surface area contributed by atoms with Crippen molar-refractivity contribution in [1.29, 1.82) is 0 Å². The molecule has 0 bridgehead atoms. The van der Waals surface area contributed by atoms with Gasteiger partial charge in [0.15, 0.2) is 0 Å². The smallest absolute Gasteiger partial charge is 0.0561 e. The van der Waals surface area contributed by atoms with Gasteiger partial charge in [0.2, 0.25) is 0 Å². The Labute approximate surface area is 130 Å². The molecule has 108 valence electrons. The van der Waals surface area contributed by atoms with Crippen LogP contribution in [0.4, 0.5) is 0 Å². The molecule has 1 fully saturated rings. The van der Waals surface area contributed by atoms with Crippen molar-refractivity contribution in [1.82, 2.24) is 5.32 Å². The fraction of sp³-hybridized carbons (Fsp3) is 0.733. The number of thioether (sulfide) groups is 1. The second kappa shape index (κ2) is 8.56. The Kier molecular flexibility index (Phi) is 7.06. The van der Waals surface area contributed by atoms with Crippen molar-refractivity contribution in [2.75, 3.05) is 12.3 Å². The third-order valence-corrected chi connectivity index (χ3v) is 6.59. The van der Waals surface area contributed by atoms with Crippen molar-refractivity contribution in [2.45, 2.75) is 56.7 Å². The first-order valence-corrected chi connectivity index (χ1v) is 9.69. The Morgan fingerprint density at radius 2 is 2.21 bits per heavy atom. The number of hydrogen-bond donors (Lipinski definition) is 1. The summed E-state index contributed by atoms with van der Waals surface area (Å²) in [7, 11) is 0. The van der Waals surface area contributed by atoms with E-state index in [0.29, 0.717) is 6.04 Å². The van der Waals surface area contributed by atoms with E-state index in [-0.39, 0.29) is 0 Å². The third kappa shape index (κ3) is 4.96. The minimum absolute atomic E-state index is 0.430. The highest BCUT2D eigenvalue weighted by atomic mass is 35.5. The van der Waals surface area contributed by atoms with Gasteiger partial charge in [0.1, 0.15) is 0 Å². The van der Waals surface area contributed by atoms with Gasteiger partial charge in [0.05, 0.1) is 11.1 Å². The molecule has 0 saturated heterocycles. The summed E-state index contributed by atoms with van der Waals surface area (Å²) < 4.78 is 0. The summed E-state index contributed by atoms with van der Waals surface area (Å²) >= 11 is 10.2. The number of thiophene rings is 1. The average Bonchev–Trinajstić information content (AvgIpc) is 2.86. The molecule has 19 heavy (non-hydrogen) atoms. The zero-order valence-electron chi connectivity index (χ0n) is 11.7. The maximum Gasteiger partial charge on any atom is 0.0561 e. The molecular weight excluding hydrogens is 294 g/mol. The molecule has 0 spiro atoms. The summed E-state index contributed by atoms with van der Waals surface area (Å²) in [6.07, 6.45) is 8.26. The number of halogens is 1. The van der Waals surface area contributed by atoms with Gasteiger partial charge in [-0.05, 0) is 37.3 Å². The van der Waals surface area contributed by atoms with E-state index in [1.807, 2.05) is 6.07 Å². The lowest BCUT2D eigenvalue weighted by atomic mass is 10.0. The summed E-state index contributed by atoms with van der Waals surface area (Å²) in [5.74, 6) is 1.16. The maximum absolute atomic E-state index is 6.30. The Balaban J connectivity index is 1.88. The SMILES string of the molecule is CCCNC(CSC1CCCCC1)c1sccc1Cl. The molecule has 1 unspecified atom stereocenters. The van der Waals surface area contributed by atoms with Gasteiger partial charge in [0, 0.05) is 15.9 Å². The van der Waals surface area contributed by atoms with Gasteiger partial charge in [0.25, 0.3) is 0 Å². The molecule has 0 aromatic carbocycles. The van der Waals surface area contributed by atoms with E-state index < -0.39 is 0 Å². The predicted molar refractivity (Wildman–Crippen MR) is 89.7 cm³/mol. The quantitative estimate of drug-likeness (QED) is 0.711. The first kappa shape index (κ1) is 15.7. The van der Waals surface area contributed by atoms with Crippen LogP contribution in [-0.4, -0.2) is 17.5 Å². The normalized spacial score (nSPS) is 18.6. The maximum atomic E-state index is 6.30. The van der Waals surface area contributed by atoms with Crippen LogP contribution in [0.3, 0.4) is 0 Å². The molecule has 1 N–H and O–H groups in total. The Morgan fingerprint density at radius 3 is 2.84 bits per heavy atom. The molecule has 1 aromatic heterocycles. The van der Waals surface area contributed by atoms with Gasteiger partial charge in [-0.2, -0.15) is 11.8 Å². The van der Waals surface area contributed by atoms with Crippen molar-refractivity contribution >= 4 is 34.7 Å². The molecule has 1 nitrogen and oxygen atoms in total. The van der Waals surface area contributed by atoms with Crippen molar-refractivity contribution < 1.29 is 0 Å². The third-order valence-electron chi connectivity index (χ3n) is 3.65. The van der Waals surface area contributed by atoms with Crippen LogP contribution in [0, 0.1) is 0 Å². The van der Waals surface area contributed by atoms with Crippen molar-refractivity contribution in [2.24, 2.45) is 0 Å². The number of rotatable bonds is 7. The second-order valence-electron chi connectivity index (χ2n) is 5.23. The molecule has 0 radical (unpaired) electrons. The molecule has 1 aliphatic carbocycles.